The number of thiocyanates is 1. The number of aryl methyl sites for hydroxylation is 1. The molecule has 4 nitrogen and oxygen atoms in total. The molecule has 0 fully saturated rings. The topological polar surface area (TPSA) is 59.3 Å². The van der Waals surface area contributed by atoms with Gasteiger partial charge in [-0.25, -0.2) is 4.79 Å². The molecule has 0 aromatic heterocycles. The number of esters is 1. The highest BCUT2D eigenvalue weighted by Crippen LogP contribution is 2.20. The van der Waals surface area contributed by atoms with Gasteiger partial charge in [-0.15, -0.1) is 0 Å². The van der Waals surface area contributed by atoms with Crippen LogP contribution in [0.15, 0.2) is 54.6 Å². The third kappa shape index (κ3) is 4.54. The van der Waals surface area contributed by atoms with Crippen LogP contribution in [0, 0.1) is 17.6 Å². The molecule has 0 amide bonds. The van der Waals surface area contributed by atoms with E-state index in [0.29, 0.717) is 11.3 Å². The lowest BCUT2D eigenvalue weighted by molar-refractivity contribution is 0.0386. The lowest BCUT2D eigenvalue weighted by atomic mass is 10.2. The van der Waals surface area contributed by atoms with E-state index in [-0.39, 0.29) is 6.61 Å². The summed E-state index contributed by atoms with van der Waals surface area (Å²) in [6, 6.07) is 16.2. The number of nitrogens with zero attached hydrogens (tertiary/aromatic N) is 1. The molecule has 0 N–H and O–H groups in total. The predicted molar refractivity (Wildman–Crippen MR) is 85.5 cm³/mol. The number of benzene rings is 2. The molecule has 0 spiro atoms. The summed E-state index contributed by atoms with van der Waals surface area (Å²) in [6.07, 6.45) is 0. The second kappa shape index (κ2) is 8.11. The van der Waals surface area contributed by atoms with E-state index in [0.717, 1.165) is 17.3 Å². The Bertz CT molecular complexity index is 667. The SMILES string of the molecule is Cc1ccccc1OCC(OC(=O)c1ccccc1)SC#N. The summed E-state index contributed by atoms with van der Waals surface area (Å²) in [6.45, 7) is 2.04. The summed E-state index contributed by atoms with van der Waals surface area (Å²) in [5.74, 6) is 0.239. The number of carbonyl (C=O) groups is 1. The molecule has 1 unspecified atom stereocenters. The summed E-state index contributed by atoms with van der Waals surface area (Å²) < 4.78 is 11.0. The first-order chi connectivity index (χ1) is 10.7. The molecular formula is C17H15NO3S. The zero-order chi connectivity index (χ0) is 15.8. The van der Waals surface area contributed by atoms with Crippen LogP contribution in [0.5, 0.6) is 5.75 Å². The van der Waals surface area contributed by atoms with E-state index in [9.17, 15) is 4.79 Å². The fraction of sp³-hybridized carbons (Fsp3) is 0.176. The van der Waals surface area contributed by atoms with Crippen molar-refractivity contribution in [1.82, 2.24) is 0 Å². The molecule has 0 aliphatic carbocycles. The smallest absolute Gasteiger partial charge is 0.339 e. The lowest BCUT2D eigenvalue weighted by Gasteiger charge is -2.16. The standard InChI is InChI=1S/C17H15NO3S/c1-13-7-5-6-10-15(13)20-11-16(22-12-18)21-17(19)14-8-3-2-4-9-14/h2-10,16H,11H2,1H3. The molecule has 0 saturated heterocycles. The van der Waals surface area contributed by atoms with Gasteiger partial charge >= 0.3 is 5.97 Å². The van der Waals surface area contributed by atoms with Gasteiger partial charge in [0.2, 0.25) is 0 Å². The maximum absolute atomic E-state index is 12.0. The molecule has 0 saturated carbocycles. The van der Waals surface area contributed by atoms with Gasteiger partial charge in [0, 0.05) is 11.8 Å². The molecule has 2 aromatic rings. The number of carbonyl (C=O) groups excluding carboxylic acids is 1. The van der Waals surface area contributed by atoms with Crippen molar-refractivity contribution in [1.29, 1.82) is 5.26 Å². The first-order valence-electron chi connectivity index (χ1n) is 6.70. The van der Waals surface area contributed by atoms with E-state index in [2.05, 4.69) is 0 Å². The Hall–Kier alpha value is -2.45. The fourth-order valence-electron chi connectivity index (χ4n) is 1.79. The summed E-state index contributed by atoms with van der Waals surface area (Å²) in [5, 5.41) is 10.8. The van der Waals surface area contributed by atoms with Crippen molar-refractivity contribution in [3.05, 3.63) is 65.7 Å². The highest BCUT2D eigenvalue weighted by atomic mass is 32.2. The molecule has 1 atom stereocenters. The molecule has 22 heavy (non-hydrogen) atoms. The normalized spacial score (nSPS) is 11.3. The van der Waals surface area contributed by atoms with Crippen LogP contribution in [0.3, 0.4) is 0 Å². The number of thioether (sulfide) groups is 1. The second-order valence-corrected chi connectivity index (χ2v) is 5.43. The molecule has 0 radical (unpaired) electrons. The van der Waals surface area contributed by atoms with Gasteiger partial charge in [-0.1, -0.05) is 36.4 Å². The molecule has 0 bridgehead atoms. The molecule has 0 heterocycles. The Morgan fingerprint density at radius 2 is 1.86 bits per heavy atom. The minimum absolute atomic E-state index is 0.113. The third-order valence-electron chi connectivity index (χ3n) is 2.90. The second-order valence-electron chi connectivity index (χ2n) is 4.49. The maximum atomic E-state index is 12.0. The van der Waals surface area contributed by atoms with Crippen molar-refractivity contribution in [3.8, 4) is 11.2 Å². The quantitative estimate of drug-likeness (QED) is 0.461. The number of hydrogen-bond acceptors (Lipinski definition) is 5. The minimum atomic E-state index is -0.683. The van der Waals surface area contributed by atoms with Crippen molar-refractivity contribution in [2.24, 2.45) is 0 Å². The number of hydrogen-bond donors (Lipinski definition) is 0. The first kappa shape index (κ1) is 15.9. The van der Waals surface area contributed by atoms with E-state index in [1.807, 2.05) is 42.7 Å². The van der Waals surface area contributed by atoms with Crippen molar-refractivity contribution in [3.63, 3.8) is 0 Å². The van der Waals surface area contributed by atoms with Gasteiger partial charge in [0.05, 0.1) is 5.56 Å². The molecule has 0 aliphatic rings. The highest BCUT2D eigenvalue weighted by molar-refractivity contribution is 8.04. The van der Waals surface area contributed by atoms with Gasteiger partial charge in [0.1, 0.15) is 17.8 Å². The minimum Gasteiger partial charge on any atom is -0.488 e. The van der Waals surface area contributed by atoms with E-state index in [1.165, 1.54) is 0 Å². The highest BCUT2D eigenvalue weighted by Gasteiger charge is 2.17. The molecule has 112 valence electrons. The third-order valence-corrected chi connectivity index (χ3v) is 3.50. The predicted octanol–water partition coefficient (Wildman–Crippen LogP) is 3.77. The van der Waals surface area contributed by atoms with Gasteiger partial charge in [-0.05, 0) is 30.7 Å². The molecule has 0 aliphatic heterocycles. The van der Waals surface area contributed by atoms with Crippen LogP contribution < -0.4 is 4.74 Å². The Morgan fingerprint density at radius 1 is 1.18 bits per heavy atom. The zero-order valence-electron chi connectivity index (χ0n) is 12.1. The van der Waals surface area contributed by atoms with Crippen LogP contribution in [-0.2, 0) is 4.74 Å². The van der Waals surface area contributed by atoms with Crippen LogP contribution >= 0.6 is 11.8 Å². The van der Waals surface area contributed by atoms with Crippen LogP contribution in [-0.4, -0.2) is 18.0 Å². The molecular weight excluding hydrogens is 298 g/mol. The summed E-state index contributed by atoms with van der Waals surface area (Å²) in [5.41, 5.74) is 0.747. The zero-order valence-corrected chi connectivity index (χ0v) is 12.9. The van der Waals surface area contributed by atoms with Gasteiger partial charge in [-0.3, -0.25) is 0 Å². The molecule has 2 aromatic carbocycles. The Morgan fingerprint density at radius 3 is 2.55 bits per heavy atom. The number of para-hydroxylation sites is 1. The van der Waals surface area contributed by atoms with Crippen LogP contribution in [0.4, 0.5) is 0 Å². The van der Waals surface area contributed by atoms with E-state index in [4.69, 9.17) is 14.7 Å². The summed E-state index contributed by atoms with van der Waals surface area (Å²) >= 11 is 0.862. The average molecular weight is 313 g/mol. The first-order valence-corrected chi connectivity index (χ1v) is 7.58. The van der Waals surface area contributed by atoms with Crippen molar-refractivity contribution >= 4 is 17.7 Å². The van der Waals surface area contributed by atoms with E-state index < -0.39 is 11.4 Å². The van der Waals surface area contributed by atoms with Crippen molar-refractivity contribution in [2.75, 3.05) is 6.61 Å². The summed E-state index contributed by atoms with van der Waals surface area (Å²) in [4.78, 5) is 12.0. The number of nitriles is 1. The van der Waals surface area contributed by atoms with Gasteiger partial charge in [0.25, 0.3) is 0 Å². The van der Waals surface area contributed by atoms with Gasteiger partial charge < -0.3 is 9.47 Å². The van der Waals surface area contributed by atoms with Gasteiger partial charge in [-0.2, -0.15) is 5.26 Å². The Balaban J connectivity index is 1.97. The average Bonchev–Trinajstić information content (AvgIpc) is 2.55. The van der Waals surface area contributed by atoms with E-state index >= 15 is 0 Å². The monoisotopic (exact) mass is 313 g/mol. The lowest BCUT2D eigenvalue weighted by Crippen LogP contribution is -2.22. The molecule has 5 heteroatoms. The molecule has 2 rings (SSSR count). The van der Waals surface area contributed by atoms with Crippen LogP contribution in [0.2, 0.25) is 0 Å². The Labute approximate surface area is 133 Å². The van der Waals surface area contributed by atoms with Crippen molar-refractivity contribution in [2.45, 2.75) is 12.4 Å². The van der Waals surface area contributed by atoms with Crippen LogP contribution in [0.25, 0.3) is 0 Å². The van der Waals surface area contributed by atoms with Gasteiger partial charge in [0.15, 0.2) is 5.44 Å². The van der Waals surface area contributed by atoms with Crippen LogP contribution in [0.1, 0.15) is 15.9 Å². The number of ether oxygens (including phenoxy) is 2. The number of rotatable bonds is 6. The van der Waals surface area contributed by atoms with E-state index in [1.54, 1.807) is 24.3 Å². The largest absolute Gasteiger partial charge is 0.488 e. The summed E-state index contributed by atoms with van der Waals surface area (Å²) in [7, 11) is 0. The fourth-order valence-corrected chi connectivity index (χ4v) is 2.18. The van der Waals surface area contributed by atoms with Crippen molar-refractivity contribution < 1.29 is 14.3 Å². The maximum Gasteiger partial charge on any atom is 0.339 e. The Kier molecular flexibility index (Phi) is 5.87.